The van der Waals surface area contributed by atoms with Crippen LogP contribution in [-0.2, 0) is 17.9 Å². The Morgan fingerprint density at radius 3 is 2.64 bits per heavy atom. The van der Waals surface area contributed by atoms with Crippen molar-refractivity contribution in [3.05, 3.63) is 53.9 Å². The number of carbonyl (C=O) groups excluding carboxylic acids is 1. The molecular formula is C16H23ClN4O. The van der Waals surface area contributed by atoms with E-state index < -0.39 is 0 Å². The Morgan fingerprint density at radius 1 is 1.27 bits per heavy atom. The Hall–Kier alpha value is -1.85. The SMILES string of the molecule is CNCC(C)C(=O)NCc1ccccc1Cn1cccn1.Cl. The summed E-state index contributed by atoms with van der Waals surface area (Å²) in [6.07, 6.45) is 3.70. The van der Waals surface area contributed by atoms with Gasteiger partial charge in [0.25, 0.3) is 0 Å². The van der Waals surface area contributed by atoms with E-state index in [-0.39, 0.29) is 24.2 Å². The molecule has 1 aromatic heterocycles. The average Bonchev–Trinajstić information content (AvgIpc) is 2.99. The van der Waals surface area contributed by atoms with Gasteiger partial charge in [0.05, 0.1) is 6.54 Å². The topological polar surface area (TPSA) is 59.0 Å². The summed E-state index contributed by atoms with van der Waals surface area (Å²) in [4.78, 5) is 12.0. The van der Waals surface area contributed by atoms with Crippen LogP contribution in [-0.4, -0.2) is 29.3 Å². The van der Waals surface area contributed by atoms with E-state index in [0.29, 0.717) is 19.6 Å². The van der Waals surface area contributed by atoms with Gasteiger partial charge in [-0.2, -0.15) is 5.10 Å². The number of benzene rings is 1. The molecule has 22 heavy (non-hydrogen) atoms. The zero-order chi connectivity index (χ0) is 15.1. The molecule has 120 valence electrons. The first-order valence-electron chi connectivity index (χ1n) is 7.17. The van der Waals surface area contributed by atoms with Crippen LogP contribution in [0.5, 0.6) is 0 Å². The van der Waals surface area contributed by atoms with Crippen LogP contribution in [0.4, 0.5) is 0 Å². The van der Waals surface area contributed by atoms with Gasteiger partial charge in [0, 0.05) is 31.4 Å². The fourth-order valence-corrected chi connectivity index (χ4v) is 2.21. The first kappa shape index (κ1) is 18.2. The van der Waals surface area contributed by atoms with Crippen LogP contribution in [0.15, 0.2) is 42.7 Å². The summed E-state index contributed by atoms with van der Waals surface area (Å²) in [6.45, 7) is 3.86. The van der Waals surface area contributed by atoms with Crippen molar-refractivity contribution in [1.29, 1.82) is 0 Å². The highest BCUT2D eigenvalue weighted by atomic mass is 35.5. The molecule has 0 bridgehead atoms. The highest BCUT2D eigenvalue weighted by Gasteiger charge is 2.12. The van der Waals surface area contributed by atoms with Crippen molar-refractivity contribution in [3.63, 3.8) is 0 Å². The number of nitrogens with one attached hydrogen (secondary N) is 2. The van der Waals surface area contributed by atoms with Crippen LogP contribution < -0.4 is 10.6 Å². The van der Waals surface area contributed by atoms with E-state index in [1.807, 2.05) is 49.1 Å². The molecule has 1 unspecified atom stereocenters. The molecule has 0 saturated heterocycles. The van der Waals surface area contributed by atoms with E-state index in [2.05, 4.69) is 21.8 Å². The van der Waals surface area contributed by atoms with Crippen molar-refractivity contribution in [3.8, 4) is 0 Å². The van der Waals surface area contributed by atoms with Crippen LogP contribution >= 0.6 is 12.4 Å². The maximum absolute atomic E-state index is 12.0. The summed E-state index contributed by atoms with van der Waals surface area (Å²) >= 11 is 0. The largest absolute Gasteiger partial charge is 0.352 e. The standard InChI is InChI=1S/C16H22N4O.ClH/c1-13(10-17-2)16(21)18-11-14-6-3-4-7-15(14)12-20-9-5-8-19-20;/h3-9,13,17H,10-12H2,1-2H3,(H,18,21);1H. The van der Waals surface area contributed by atoms with Gasteiger partial charge in [0.2, 0.25) is 5.91 Å². The minimum Gasteiger partial charge on any atom is -0.352 e. The van der Waals surface area contributed by atoms with Gasteiger partial charge in [-0.05, 0) is 24.2 Å². The molecule has 0 radical (unpaired) electrons. The smallest absolute Gasteiger partial charge is 0.224 e. The van der Waals surface area contributed by atoms with E-state index in [1.165, 1.54) is 5.56 Å². The van der Waals surface area contributed by atoms with Gasteiger partial charge in [0.15, 0.2) is 0 Å². The molecule has 1 heterocycles. The molecule has 0 saturated carbocycles. The Kier molecular flexibility index (Phi) is 7.63. The normalized spacial score (nSPS) is 11.5. The number of rotatable bonds is 7. The second-order valence-electron chi connectivity index (χ2n) is 5.15. The van der Waals surface area contributed by atoms with Crippen LogP contribution in [0, 0.1) is 5.92 Å². The number of hydrogen-bond donors (Lipinski definition) is 2. The number of hydrogen-bond acceptors (Lipinski definition) is 3. The number of nitrogens with zero attached hydrogens (tertiary/aromatic N) is 2. The molecular weight excluding hydrogens is 300 g/mol. The van der Waals surface area contributed by atoms with E-state index in [1.54, 1.807) is 6.20 Å². The van der Waals surface area contributed by atoms with Crippen molar-refractivity contribution in [2.75, 3.05) is 13.6 Å². The summed E-state index contributed by atoms with van der Waals surface area (Å²) in [7, 11) is 1.85. The molecule has 0 fully saturated rings. The Balaban J connectivity index is 0.00000242. The van der Waals surface area contributed by atoms with Crippen LogP contribution in [0.1, 0.15) is 18.1 Å². The fourth-order valence-electron chi connectivity index (χ4n) is 2.21. The summed E-state index contributed by atoms with van der Waals surface area (Å²) < 4.78 is 1.88. The highest BCUT2D eigenvalue weighted by Crippen LogP contribution is 2.10. The third kappa shape index (κ3) is 5.16. The number of amides is 1. The lowest BCUT2D eigenvalue weighted by molar-refractivity contribution is -0.124. The summed E-state index contributed by atoms with van der Waals surface area (Å²) in [6, 6.07) is 10.0. The minimum absolute atomic E-state index is 0. The number of carbonyl (C=O) groups is 1. The maximum atomic E-state index is 12.0. The second kappa shape index (κ2) is 9.23. The predicted octanol–water partition coefficient (Wildman–Crippen LogP) is 1.82. The molecule has 0 spiro atoms. The molecule has 1 aromatic carbocycles. The summed E-state index contributed by atoms with van der Waals surface area (Å²) in [5.74, 6) is 0.0338. The van der Waals surface area contributed by atoms with Gasteiger partial charge in [-0.25, -0.2) is 0 Å². The Morgan fingerprint density at radius 2 is 2.00 bits per heavy atom. The van der Waals surface area contributed by atoms with Crippen molar-refractivity contribution in [2.45, 2.75) is 20.0 Å². The van der Waals surface area contributed by atoms with Crippen molar-refractivity contribution in [2.24, 2.45) is 5.92 Å². The van der Waals surface area contributed by atoms with Gasteiger partial charge in [-0.15, -0.1) is 12.4 Å². The van der Waals surface area contributed by atoms with Crippen LogP contribution in [0.2, 0.25) is 0 Å². The predicted molar refractivity (Wildman–Crippen MR) is 90.0 cm³/mol. The average molecular weight is 323 g/mol. The van der Waals surface area contributed by atoms with Crippen LogP contribution in [0.25, 0.3) is 0 Å². The molecule has 2 aromatic rings. The summed E-state index contributed by atoms with van der Waals surface area (Å²) in [5.41, 5.74) is 2.29. The first-order valence-corrected chi connectivity index (χ1v) is 7.17. The van der Waals surface area contributed by atoms with E-state index >= 15 is 0 Å². The van der Waals surface area contributed by atoms with Gasteiger partial charge in [0.1, 0.15) is 0 Å². The van der Waals surface area contributed by atoms with E-state index in [9.17, 15) is 4.79 Å². The first-order chi connectivity index (χ1) is 10.2. The van der Waals surface area contributed by atoms with Gasteiger partial charge >= 0.3 is 0 Å². The van der Waals surface area contributed by atoms with Gasteiger partial charge < -0.3 is 10.6 Å². The van der Waals surface area contributed by atoms with Gasteiger partial charge in [-0.1, -0.05) is 31.2 Å². The molecule has 1 atom stereocenters. The van der Waals surface area contributed by atoms with Crippen molar-refractivity contribution < 1.29 is 4.79 Å². The minimum atomic E-state index is -0.0340. The van der Waals surface area contributed by atoms with Gasteiger partial charge in [-0.3, -0.25) is 9.48 Å². The maximum Gasteiger partial charge on any atom is 0.224 e. The molecule has 6 heteroatoms. The molecule has 0 aliphatic rings. The number of aromatic nitrogens is 2. The molecule has 0 aliphatic carbocycles. The highest BCUT2D eigenvalue weighted by molar-refractivity contribution is 5.85. The summed E-state index contributed by atoms with van der Waals surface area (Å²) in [5, 5.41) is 10.2. The zero-order valence-electron chi connectivity index (χ0n) is 13.0. The fraction of sp³-hybridized carbons (Fsp3) is 0.375. The quantitative estimate of drug-likeness (QED) is 0.817. The van der Waals surface area contributed by atoms with Crippen molar-refractivity contribution >= 4 is 18.3 Å². The lowest BCUT2D eigenvalue weighted by atomic mass is 10.1. The monoisotopic (exact) mass is 322 g/mol. The molecule has 2 rings (SSSR count). The third-order valence-electron chi connectivity index (χ3n) is 3.42. The second-order valence-corrected chi connectivity index (χ2v) is 5.15. The van der Waals surface area contributed by atoms with E-state index in [4.69, 9.17) is 0 Å². The molecule has 0 aliphatic heterocycles. The van der Waals surface area contributed by atoms with E-state index in [0.717, 1.165) is 5.56 Å². The molecule has 1 amide bonds. The Labute approximate surface area is 137 Å². The Bertz CT molecular complexity index is 571. The molecule has 5 nitrogen and oxygen atoms in total. The number of halogens is 1. The third-order valence-corrected chi connectivity index (χ3v) is 3.42. The lowest BCUT2D eigenvalue weighted by Crippen LogP contribution is -2.34. The zero-order valence-corrected chi connectivity index (χ0v) is 13.8. The van der Waals surface area contributed by atoms with Crippen LogP contribution in [0.3, 0.4) is 0 Å². The lowest BCUT2D eigenvalue weighted by Gasteiger charge is -2.14. The van der Waals surface area contributed by atoms with Crippen molar-refractivity contribution in [1.82, 2.24) is 20.4 Å². The molecule has 2 N–H and O–H groups in total.